The lowest BCUT2D eigenvalue weighted by molar-refractivity contribution is -0.115. The summed E-state index contributed by atoms with van der Waals surface area (Å²) in [5, 5.41) is 2.89. The van der Waals surface area contributed by atoms with Gasteiger partial charge in [0.05, 0.1) is 17.8 Å². The molecule has 0 spiro atoms. The van der Waals surface area contributed by atoms with E-state index in [4.69, 9.17) is 5.73 Å². The number of nitrogens with zero attached hydrogens (tertiary/aromatic N) is 1. The van der Waals surface area contributed by atoms with Gasteiger partial charge < -0.3 is 16.0 Å². The van der Waals surface area contributed by atoms with Crippen molar-refractivity contribution in [1.29, 1.82) is 0 Å². The molecule has 1 aromatic carbocycles. The van der Waals surface area contributed by atoms with Crippen LogP contribution in [0.5, 0.6) is 0 Å². The molecule has 4 heteroatoms. The Bertz CT molecular complexity index is 492. The number of carbonyl (C=O) groups excluding carboxylic acids is 1. The minimum atomic E-state index is 0.0602. The molecule has 18 heavy (non-hydrogen) atoms. The van der Waals surface area contributed by atoms with Crippen LogP contribution in [0.15, 0.2) is 12.1 Å². The topological polar surface area (TPSA) is 58.4 Å². The van der Waals surface area contributed by atoms with Gasteiger partial charge in [0.2, 0.25) is 5.91 Å². The van der Waals surface area contributed by atoms with Crippen LogP contribution in [0.1, 0.15) is 31.2 Å². The van der Waals surface area contributed by atoms with Gasteiger partial charge in [0.25, 0.3) is 0 Å². The number of rotatable bonds is 2. The molecular weight excluding hydrogens is 226 g/mol. The molecule has 0 unspecified atom stereocenters. The van der Waals surface area contributed by atoms with Crippen molar-refractivity contribution in [2.24, 2.45) is 0 Å². The quantitative estimate of drug-likeness (QED) is 0.785. The van der Waals surface area contributed by atoms with Crippen molar-refractivity contribution in [3.8, 4) is 0 Å². The van der Waals surface area contributed by atoms with Crippen molar-refractivity contribution in [2.45, 2.75) is 38.1 Å². The second kappa shape index (κ2) is 4.19. The van der Waals surface area contributed by atoms with Crippen LogP contribution < -0.4 is 16.0 Å². The number of carbonyl (C=O) groups is 1. The fourth-order valence-electron chi connectivity index (χ4n) is 3.08. The van der Waals surface area contributed by atoms with E-state index in [1.165, 1.54) is 25.7 Å². The summed E-state index contributed by atoms with van der Waals surface area (Å²) in [6.07, 6.45) is 5.53. The van der Waals surface area contributed by atoms with E-state index in [2.05, 4.69) is 17.3 Å². The number of amides is 1. The standard InChI is InChI=1S/C14H19N3O/c1-17(10-4-2-3-5-10)13-8-12-9(6-11(13)15)7-14(18)16-12/h6,8,10H,2-5,7,15H2,1H3,(H,16,18). The van der Waals surface area contributed by atoms with Crippen LogP contribution in [0.4, 0.5) is 17.1 Å². The highest BCUT2D eigenvalue weighted by Crippen LogP contribution is 2.36. The van der Waals surface area contributed by atoms with Crippen molar-refractivity contribution in [3.63, 3.8) is 0 Å². The van der Waals surface area contributed by atoms with E-state index < -0.39 is 0 Å². The predicted molar refractivity (Wildman–Crippen MR) is 73.8 cm³/mol. The maximum Gasteiger partial charge on any atom is 0.228 e. The monoisotopic (exact) mass is 245 g/mol. The summed E-state index contributed by atoms with van der Waals surface area (Å²) in [6.45, 7) is 0. The lowest BCUT2D eigenvalue weighted by Crippen LogP contribution is -2.29. The van der Waals surface area contributed by atoms with Crippen LogP contribution in [0.3, 0.4) is 0 Å². The Morgan fingerprint density at radius 3 is 2.78 bits per heavy atom. The fraction of sp³-hybridized carbons (Fsp3) is 0.500. The normalized spacial score (nSPS) is 18.8. The third-order valence-electron chi connectivity index (χ3n) is 4.13. The van der Waals surface area contributed by atoms with E-state index in [9.17, 15) is 4.79 Å². The molecule has 0 atom stereocenters. The number of hydrogen-bond acceptors (Lipinski definition) is 3. The molecule has 2 aliphatic rings. The maximum absolute atomic E-state index is 11.4. The fourth-order valence-corrected chi connectivity index (χ4v) is 3.08. The number of nitrogen functional groups attached to an aromatic ring is 1. The zero-order valence-electron chi connectivity index (χ0n) is 10.7. The molecule has 1 aromatic rings. The molecule has 3 rings (SSSR count). The molecular formula is C14H19N3O. The number of fused-ring (bicyclic) bond motifs is 1. The molecule has 96 valence electrons. The largest absolute Gasteiger partial charge is 0.397 e. The van der Waals surface area contributed by atoms with Gasteiger partial charge in [-0.2, -0.15) is 0 Å². The first-order valence-corrected chi connectivity index (χ1v) is 6.60. The van der Waals surface area contributed by atoms with Crippen LogP contribution >= 0.6 is 0 Å². The summed E-state index contributed by atoms with van der Waals surface area (Å²) in [5.74, 6) is 0.0602. The van der Waals surface area contributed by atoms with Gasteiger partial charge in [0.15, 0.2) is 0 Å². The van der Waals surface area contributed by atoms with Gasteiger partial charge >= 0.3 is 0 Å². The van der Waals surface area contributed by atoms with Crippen LogP contribution in [-0.2, 0) is 11.2 Å². The average molecular weight is 245 g/mol. The minimum Gasteiger partial charge on any atom is -0.397 e. The van der Waals surface area contributed by atoms with Gasteiger partial charge in [-0.3, -0.25) is 4.79 Å². The van der Waals surface area contributed by atoms with Crippen molar-refractivity contribution in [3.05, 3.63) is 17.7 Å². The lowest BCUT2D eigenvalue weighted by Gasteiger charge is -2.28. The number of hydrogen-bond donors (Lipinski definition) is 2. The molecule has 0 saturated heterocycles. The van der Waals surface area contributed by atoms with Gasteiger partial charge in [-0.05, 0) is 30.5 Å². The molecule has 0 bridgehead atoms. The second-order valence-corrected chi connectivity index (χ2v) is 5.34. The van der Waals surface area contributed by atoms with Crippen molar-refractivity contribution < 1.29 is 4.79 Å². The zero-order valence-corrected chi connectivity index (χ0v) is 10.7. The van der Waals surface area contributed by atoms with Crippen LogP contribution in [0.2, 0.25) is 0 Å². The highest BCUT2D eigenvalue weighted by Gasteiger charge is 2.24. The Labute approximate surface area is 107 Å². The van der Waals surface area contributed by atoms with E-state index in [1.54, 1.807) is 0 Å². The number of anilines is 3. The molecule has 3 N–H and O–H groups in total. The third-order valence-corrected chi connectivity index (χ3v) is 4.13. The Hall–Kier alpha value is -1.71. The maximum atomic E-state index is 11.4. The number of nitrogens with two attached hydrogens (primary N) is 1. The van der Waals surface area contributed by atoms with Crippen molar-refractivity contribution in [2.75, 3.05) is 23.0 Å². The Balaban J connectivity index is 1.92. The van der Waals surface area contributed by atoms with Crippen molar-refractivity contribution >= 4 is 23.0 Å². The van der Waals surface area contributed by atoms with Crippen LogP contribution in [-0.4, -0.2) is 19.0 Å². The molecule has 0 radical (unpaired) electrons. The van der Waals surface area contributed by atoms with E-state index in [0.717, 1.165) is 22.6 Å². The Kier molecular flexibility index (Phi) is 2.65. The molecule has 1 aliphatic heterocycles. The van der Waals surface area contributed by atoms with E-state index in [0.29, 0.717) is 12.5 Å². The van der Waals surface area contributed by atoms with Gasteiger partial charge in [-0.25, -0.2) is 0 Å². The third kappa shape index (κ3) is 1.82. The molecule has 1 heterocycles. The van der Waals surface area contributed by atoms with Gasteiger partial charge in [0.1, 0.15) is 0 Å². The zero-order chi connectivity index (χ0) is 12.7. The summed E-state index contributed by atoms with van der Waals surface area (Å²) >= 11 is 0. The summed E-state index contributed by atoms with van der Waals surface area (Å²) in [7, 11) is 2.10. The molecule has 1 aliphatic carbocycles. The highest BCUT2D eigenvalue weighted by molar-refractivity contribution is 6.00. The van der Waals surface area contributed by atoms with Crippen molar-refractivity contribution in [1.82, 2.24) is 0 Å². The highest BCUT2D eigenvalue weighted by atomic mass is 16.1. The number of benzene rings is 1. The smallest absolute Gasteiger partial charge is 0.228 e. The lowest BCUT2D eigenvalue weighted by atomic mass is 10.1. The minimum absolute atomic E-state index is 0.0602. The van der Waals surface area contributed by atoms with Gasteiger partial charge in [-0.15, -0.1) is 0 Å². The van der Waals surface area contributed by atoms with Crippen LogP contribution in [0, 0.1) is 0 Å². The average Bonchev–Trinajstić information content (AvgIpc) is 2.94. The number of nitrogens with one attached hydrogen (secondary N) is 1. The van der Waals surface area contributed by atoms with Gasteiger partial charge in [-0.1, -0.05) is 12.8 Å². The molecule has 1 saturated carbocycles. The Morgan fingerprint density at radius 2 is 2.06 bits per heavy atom. The first kappa shape index (κ1) is 11.4. The summed E-state index contributed by atoms with van der Waals surface area (Å²) < 4.78 is 0. The summed E-state index contributed by atoms with van der Waals surface area (Å²) in [4.78, 5) is 13.7. The SMILES string of the molecule is CN(c1cc2c(cc1N)CC(=O)N2)C1CCCC1. The van der Waals surface area contributed by atoms with E-state index in [-0.39, 0.29) is 5.91 Å². The summed E-state index contributed by atoms with van der Waals surface area (Å²) in [6, 6.07) is 4.55. The van der Waals surface area contributed by atoms with Crippen LogP contribution in [0.25, 0.3) is 0 Å². The Morgan fingerprint density at radius 1 is 1.33 bits per heavy atom. The molecule has 0 aromatic heterocycles. The first-order valence-electron chi connectivity index (χ1n) is 6.60. The van der Waals surface area contributed by atoms with E-state index >= 15 is 0 Å². The van der Waals surface area contributed by atoms with E-state index in [1.807, 2.05) is 12.1 Å². The predicted octanol–water partition coefficient (Wildman–Crippen LogP) is 2.14. The first-order chi connectivity index (χ1) is 8.65. The van der Waals surface area contributed by atoms with Gasteiger partial charge in [0, 0.05) is 18.8 Å². The molecule has 1 amide bonds. The second-order valence-electron chi connectivity index (χ2n) is 5.34. The summed E-state index contributed by atoms with van der Waals surface area (Å²) in [5.41, 5.74) is 9.89. The molecule has 1 fully saturated rings. The molecule has 4 nitrogen and oxygen atoms in total.